The molecule has 3 heteroatoms. The number of aromatic nitrogens is 1. The van der Waals surface area contributed by atoms with Gasteiger partial charge in [-0.1, -0.05) is 12.5 Å². The molecule has 2 atom stereocenters. The number of ether oxygens (including phenoxy) is 1. The highest BCUT2D eigenvalue weighted by Crippen LogP contribution is 2.27. The molecule has 0 radical (unpaired) electrons. The predicted octanol–water partition coefficient (Wildman–Crippen LogP) is 1.77. The summed E-state index contributed by atoms with van der Waals surface area (Å²) in [5.41, 5.74) is 6.96. The molecule has 1 aromatic heterocycles. The molecule has 1 saturated carbocycles. The van der Waals surface area contributed by atoms with E-state index in [1.807, 2.05) is 12.3 Å². The zero-order chi connectivity index (χ0) is 11.2. The second-order valence-electron chi connectivity index (χ2n) is 4.45. The summed E-state index contributed by atoms with van der Waals surface area (Å²) in [7, 11) is 0. The van der Waals surface area contributed by atoms with E-state index in [0.29, 0.717) is 12.0 Å². The zero-order valence-corrected chi connectivity index (χ0v) is 9.64. The highest BCUT2D eigenvalue weighted by molar-refractivity contribution is 5.08. The van der Waals surface area contributed by atoms with Gasteiger partial charge in [-0.05, 0) is 43.4 Å². The molecule has 0 aromatic carbocycles. The van der Waals surface area contributed by atoms with E-state index < -0.39 is 0 Å². The summed E-state index contributed by atoms with van der Waals surface area (Å²) in [6, 6.07) is 4.05. The fourth-order valence-electron chi connectivity index (χ4n) is 2.37. The number of pyridine rings is 1. The molecule has 0 saturated heterocycles. The van der Waals surface area contributed by atoms with Gasteiger partial charge in [0.15, 0.2) is 0 Å². The van der Waals surface area contributed by atoms with E-state index in [2.05, 4.69) is 11.1 Å². The second kappa shape index (κ2) is 5.97. The Kier molecular flexibility index (Phi) is 4.31. The lowest BCUT2D eigenvalue weighted by Gasteiger charge is -2.18. The quantitative estimate of drug-likeness (QED) is 0.822. The smallest absolute Gasteiger partial charge is 0.0615 e. The molecule has 2 N–H and O–H groups in total. The van der Waals surface area contributed by atoms with Gasteiger partial charge in [-0.3, -0.25) is 4.98 Å². The van der Waals surface area contributed by atoms with Gasteiger partial charge in [-0.2, -0.15) is 0 Å². The summed E-state index contributed by atoms with van der Waals surface area (Å²) in [6.07, 6.45) is 8.70. The first kappa shape index (κ1) is 11.6. The van der Waals surface area contributed by atoms with E-state index in [1.54, 1.807) is 6.20 Å². The summed E-state index contributed by atoms with van der Waals surface area (Å²) in [4.78, 5) is 4.09. The molecule has 1 aliphatic rings. The largest absolute Gasteiger partial charge is 0.378 e. The Balaban J connectivity index is 1.72. The molecule has 0 bridgehead atoms. The summed E-state index contributed by atoms with van der Waals surface area (Å²) in [5.74, 6) is 0.578. The Bertz CT molecular complexity index is 302. The van der Waals surface area contributed by atoms with E-state index >= 15 is 0 Å². The van der Waals surface area contributed by atoms with Crippen molar-refractivity contribution >= 4 is 0 Å². The van der Waals surface area contributed by atoms with Crippen molar-refractivity contribution in [3.05, 3.63) is 30.1 Å². The summed E-state index contributed by atoms with van der Waals surface area (Å²) >= 11 is 0. The first-order chi connectivity index (χ1) is 7.90. The third-order valence-corrected chi connectivity index (χ3v) is 3.34. The van der Waals surface area contributed by atoms with Crippen LogP contribution in [0.1, 0.15) is 24.8 Å². The summed E-state index contributed by atoms with van der Waals surface area (Å²) < 4.78 is 5.90. The Morgan fingerprint density at radius 3 is 3.12 bits per heavy atom. The van der Waals surface area contributed by atoms with Crippen LogP contribution in [0, 0.1) is 5.92 Å². The Morgan fingerprint density at radius 2 is 2.38 bits per heavy atom. The average molecular weight is 220 g/mol. The minimum Gasteiger partial charge on any atom is -0.378 e. The standard InChI is InChI=1S/C13H20N2O/c14-9-12-4-1-5-13(12)16-8-6-11-3-2-7-15-10-11/h2-3,7,10,12-13H,1,4-6,8-9,14H2. The van der Waals surface area contributed by atoms with Crippen LogP contribution in [0.5, 0.6) is 0 Å². The molecule has 0 amide bonds. The lowest BCUT2D eigenvalue weighted by molar-refractivity contribution is 0.0320. The van der Waals surface area contributed by atoms with Crippen LogP contribution < -0.4 is 5.73 Å². The van der Waals surface area contributed by atoms with Crippen LogP contribution in [0.25, 0.3) is 0 Å². The number of hydrogen-bond acceptors (Lipinski definition) is 3. The zero-order valence-electron chi connectivity index (χ0n) is 9.64. The van der Waals surface area contributed by atoms with E-state index in [0.717, 1.165) is 19.6 Å². The van der Waals surface area contributed by atoms with Crippen molar-refractivity contribution in [3.63, 3.8) is 0 Å². The molecule has 3 nitrogen and oxygen atoms in total. The topological polar surface area (TPSA) is 48.1 Å². The molecular weight excluding hydrogens is 200 g/mol. The normalized spacial score (nSPS) is 24.8. The molecular formula is C13H20N2O. The van der Waals surface area contributed by atoms with E-state index in [1.165, 1.54) is 24.8 Å². The van der Waals surface area contributed by atoms with Crippen molar-refractivity contribution in [2.24, 2.45) is 11.7 Å². The van der Waals surface area contributed by atoms with Gasteiger partial charge in [0.1, 0.15) is 0 Å². The Hall–Kier alpha value is -0.930. The minimum atomic E-state index is 0.390. The highest BCUT2D eigenvalue weighted by atomic mass is 16.5. The van der Waals surface area contributed by atoms with Crippen LogP contribution in [0.15, 0.2) is 24.5 Å². The Morgan fingerprint density at radius 1 is 1.44 bits per heavy atom. The van der Waals surface area contributed by atoms with Crippen molar-refractivity contribution < 1.29 is 4.74 Å². The maximum atomic E-state index is 5.90. The fraction of sp³-hybridized carbons (Fsp3) is 0.615. The molecule has 1 aromatic rings. The van der Waals surface area contributed by atoms with Crippen molar-refractivity contribution in [1.82, 2.24) is 4.98 Å². The highest BCUT2D eigenvalue weighted by Gasteiger charge is 2.26. The molecule has 2 unspecified atom stereocenters. The van der Waals surface area contributed by atoms with E-state index in [9.17, 15) is 0 Å². The first-order valence-corrected chi connectivity index (χ1v) is 6.10. The maximum Gasteiger partial charge on any atom is 0.0615 e. The summed E-state index contributed by atoms with van der Waals surface area (Å²) in [5, 5.41) is 0. The number of nitrogens with zero attached hydrogens (tertiary/aromatic N) is 1. The van der Waals surface area contributed by atoms with Crippen molar-refractivity contribution in [2.45, 2.75) is 31.8 Å². The lowest BCUT2D eigenvalue weighted by atomic mass is 10.1. The molecule has 1 fully saturated rings. The molecule has 0 aliphatic heterocycles. The van der Waals surface area contributed by atoms with Crippen molar-refractivity contribution in [3.8, 4) is 0 Å². The van der Waals surface area contributed by atoms with E-state index in [4.69, 9.17) is 10.5 Å². The number of nitrogens with two attached hydrogens (primary N) is 1. The molecule has 88 valence electrons. The lowest BCUT2D eigenvalue weighted by Crippen LogP contribution is -2.26. The summed E-state index contributed by atoms with van der Waals surface area (Å²) in [6.45, 7) is 1.55. The van der Waals surface area contributed by atoms with Gasteiger partial charge in [-0.15, -0.1) is 0 Å². The van der Waals surface area contributed by atoms with Crippen LogP contribution in [-0.2, 0) is 11.2 Å². The monoisotopic (exact) mass is 220 g/mol. The van der Waals surface area contributed by atoms with Gasteiger partial charge in [-0.25, -0.2) is 0 Å². The molecule has 1 heterocycles. The van der Waals surface area contributed by atoms with E-state index in [-0.39, 0.29) is 0 Å². The van der Waals surface area contributed by atoms with Gasteiger partial charge in [0.25, 0.3) is 0 Å². The van der Waals surface area contributed by atoms with Gasteiger partial charge in [0, 0.05) is 12.4 Å². The number of rotatable bonds is 5. The van der Waals surface area contributed by atoms with Gasteiger partial charge < -0.3 is 10.5 Å². The van der Waals surface area contributed by atoms with Crippen LogP contribution in [-0.4, -0.2) is 24.2 Å². The Labute approximate surface area is 97.0 Å². The average Bonchev–Trinajstić information content (AvgIpc) is 2.78. The van der Waals surface area contributed by atoms with Gasteiger partial charge in [0.05, 0.1) is 12.7 Å². The van der Waals surface area contributed by atoms with Gasteiger partial charge in [0.2, 0.25) is 0 Å². The van der Waals surface area contributed by atoms with Crippen LogP contribution in [0.3, 0.4) is 0 Å². The van der Waals surface area contributed by atoms with Crippen LogP contribution in [0.2, 0.25) is 0 Å². The first-order valence-electron chi connectivity index (χ1n) is 6.10. The van der Waals surface area contributed by atoms with Gasteiger partial charge >= 0.3 is 0 Å². The number of hydrogen-bond donors (Lipinski definition) is 1. The van der Waals surface area contributed by atoms with Crippen molar-refractivity contribution in [2.75, 3.05) is 13.2 Å². The third-order valence-electron chi connectivity index (χ3n) is 3.34. The SMILES string of the molecule is NCC1CCCC1OCCc1cccnc1. The predicted molar refractivity (Wildman–Crippen MR) is 64.1 cm³/mol. The third kappa shape index (κ3) is 3.03. The fourth-order valence-corrected chi connectivity index (χ4v) is 2.37. The second-order valence-corrected chi connectivity index (χ2v) is 4.45. The maximum absolute atomic E-state index is 5.90. The molecule has 0 spiro atoms. The molecule has 16 heavy (non-hydrogen) atoms. The minimum absolute atomic E-state index is 0.390. The van der Waals surface area contributed by atoms with Crippen LogP contribution >= 0.6 is 0 Å². The van der Waals surface area contributed by atoms with Crippen molar-refractivity contribution in [1.29, 1.82) is 0 Å². The van der Waals surface area contributed by atoms with Crippen LogP contribution in [0.4, 0.5) is 0 Å². The molecule has 1 aliphatic carbocycles. The molecule has 2 rings (SSSR count).